The van der Waals surface area contributed by atoms with Crippen LogP contribution in [0.15, 0.2) is 24.3 Å². The first-order valence-electron chi connectivity index (χ1n) is 8.65. The number of hydrogen-bond acceptors (Lipinski definition) is 7. The topological polar surface area (TPSA) is 97.1 Å². The summed E-state index contributed by atoms with van der Waals surface area (Å²) in [6, 6.07) is 5.32. The van der Waals surface area contributed by atoms with Gasteiger partial charge in [0.2, 0.25) is 11.8 Å². The van der Waals surface area contributed by atoms with Gasteiger partial charge in [0.25, 0.3) is 0 Å². The molecular weight excluding hydrogens is 368 g/mol. The zero-order valence-corrected chi connectivity index (χ0v) is 16.2. The van der Waals surface area contributed by atoms with Crippen LogP contribution in [-0.2, 0) is 9.59 Å². The molecule has 1 aromatic carbocycles. The lowest BCUT2D eigenvalue weighted by Gasteiger charge is -2.36. The highest BCUT2D eigenvalue weighted by Gasteiger charge is 2.32. The second-order valence-electron chi connectivity index (χ2n) is 6.49. The van der Waals surface area contributed by atoms with E-state index in [1.807, 2.05) is 0 Å². The lowest BCUT2D eigenvalue weighted by Crippen LogP contribution is -2.51. The predicted molar refractivity (Wildman–Crippen MR) is 104 cm³/mol. The fourth-order valence-corrected chi connectivity index (χ4v) is 3.59. The number of nitrogens with one attached hydrogen (secondary N) is 1. The molecule has 3 N–H and O–H groups in total. The molecule has 146 valence electrons. The Morgan fingerprint density at radius 1 is 1.37 bits per heavy atom. The molecule has 2 aliphatic rings. The molecule has 1 unspecified atom stereocenters. The van der Waals surface area contributed by atoms with Gasteiger partial charge in [0, 0.05) is 36.8 Å². The monoisotopic (exact) mass is 392 g/mol. The molecule has 1 aromatic rings. The van der Waals surface area contributed by atoms with Crippen LogP contribution in [0.1, 0.15) is 12.0 Å². The minimum Gasteiger partial charge on any atom is -0.497 e. The summed E-state index contributed by atoms with van der Waals surface area (Å²) in [4.78, 5) is 28.3. The van der Waals surface area contributed by atoms with Gasteiger partial charge < -0.3 is 30.3 Å². The van der Waals surface area contributed by atoms with Crippen molar-refractivity contribution in [3.8, 4) is 11.5 Å². The smallest absolute Gasteiger partial charge is 0.248 e. The van der Waals surface area contributed by atoms with Gasteiger partial charge in [-0.05, 0) is 18.6 Å². The molecule has 9 heteroatoms. The fraction of sp³-hybridized carbons (Fsp3) is 0.444. The van der Waals surface area contributed by atoms with Crippen molar-refractivity contribution in [2.75, 3.05) is 33.9 Å². The van der Waals surface area contributed by atoms with Gasteiger partial charge in [-0.3, -0.25) is 9.59 Å². The lowest BCUT2D eigenvalue weighted by molar-refractivity contribution is -0.131. The van der Waals surface area contributed by atoms with Crippen LogP contribution in [0, 0.1) is 0 Å². The van der Waals surface area contributed by atoms with Crippen molar-refractivity contribution >= 4 is 30.1 Å². The normalized spacial score (nSPS) is 22.4. The van der Waals surface area contributed by atoms with Crippen molar-refractivity contribution in [1.82, 2.24) is 15.1 Å². The Hall–Kier alpha value is -2.39. The van der Waals surface area contributed by atoms with E-state index in [1.165, 1.54) is 6.08 Å². The van der Waals surface area contributed by atoms with E-state index < -0.39 is 5.50 Å². The number of carbonyl (C=O) groups excluding carboxylic acids is 2. The minimum atomic E-state index is -0.635. The Morgan fingerprint density at radius 2 is 2.15 bits per heavy atom. The average molecular weight is 392 g/mol. The molecule has 2 amide bonds. The van der Waals surface area contributed by atoms with Crippen molar-refractivity contribution < 1.29 is 19.1 Å². The molecule has 8 nitrogen and oxygen atoms in total. The van der Waals surface area contributed by atoms with Crippen molar-refractivity contribution in [1.29, 1.82) is 0 Å². The Kier molecular flexibility index (Phi) is 5.81. The van der Waals surface area contributed by atoms with Gasteiger partial charge in [0.1, 0.15) is 17.0 Å². The summed E-state index contributed by atoms with van der Waals surface area (Å²) in [7, 11) is 3.11. The Bertz CT molecular complexity index is 770. The second-order valence-corrected chi connectivity index (χ2v) is 6.98. The van der Waals surface area contributed by atoms with Gasteiger partial charge in [-0.2, -0.15) is 0 Å². The summed E-state index contributed by atoms with van der Waals surface area (Å²) in [5, 5.41) is 2.71. The van der Waals surface area contributed by atoms with Crippen LogP contribution < -0.4 is 20.5 Å². The maximum absolute atomic E-state index is 12.7. The molecule has 1 fully saturated rings. The number of thiol groups is 1. The number of benzene rings is 1. The van der Waals surface area contributed by atoms with E-state index in [1.54, 1.807) is 42.2 Å². The van der Waals surface area contributed by atoms with Crippen molar-refractivity contribution in [2.45, 2.75) is 18.0 Å². The van der Waals surface area contributed by atoms with E-state index >= 15 is 0 Å². The first-order chi connectivity index (χ1) is 12.9. The van der Waals surface area contributed by atoms with Crippen molar-refractivity contribution in [2.24, 2.45) is 5.73 Å². The lowest BCUT2D eigenvalue weighted by atomic mass is 10.1. The first kappa shape index (κ1) is 19.4. The minimum absolute atomic E-state index is 0.0125. The SMILES string of the molecule is COc1ccc(C2=CC(=O)NC(S)N2CC(=O)N2CC[C@H](N)C2)c(OC)c1. The molecule has 3 rings (SSSR count). The van der Waals surface area contributed by atoms with Crippen LogP contribution in [0.4, 0.5) is 0 Å². The number of nitrogens with zero attached hydrogens (tertiary/aromatic N) is 2. The van der Waals surface area contributed by atoms with Gasteiger partial charge in [0.15, 0.2) is 0 Å². The second kappa shape index (κ2) is 8.10. The van der Waals surface area contributed by atoms with Crippen molar-refractivity contribution in [3.05, 3.63) is 29.8 Å². The molecule has 0 spiro atoms. The van der Waals surface area contributed by atoms with Gasteiger partial charge in [-0.25, -0.2) is 0 Å². The number of ether oxygens (including phenoxy) is 2. The molecule has 2 aliphatic heterocycles. The van der Waals surface area contributed by atoms with Gasteiger partial charge in [-0.15, -0.1) is 12.6 Å². The molecule has 2 heterocycles. The van der Waals surface area contributed by atoms with Crippen LogP contribution in [0.3, 0.4) is 0 Å². The average Bonchev–Trinajstić information content (AvgIpc) is 3.09. The highest BCUT2D eigenvalue weighted by molar-refractivity contribution is 7.80. The van der Waals surface area contributed by atoms with E-state index in [0.717, 1.165) is 6.42 Å². The molecular formula is C18H24N4O4S. The van der Waals surface area contributed by atoms with Gasteiger partial charge >= 0.3 is 0 Å². The summed E-state index contributed by atoms with van der Waals surface area (Å²) in [5.41, 5.74) is 6.51. The highest BCUT2D eigenvalue weighted by atomic mass is 32.1. The standard InChI is InChI=1S/C18H24N4O4S/c1-25-12-3-4-13(15(7-12)26-2)14-8-16(23)20-18(27)22(14)10-17(24)21-6-5-11(19)9-21/h3-4,7-8,11,18,27H,5-6,9-10,19H2,1-2H3,(H,20,23)/t11-,18?/m0/s1. The third-order valence-corrected chi connectivity index (χ3v) is 5.12. The molecule has 1 saturated heterocycles. The van der Waals surface area contributed by atoms with E-state index in [0.29, 0.717) is 35.8 Å². The third kappa shape index (κ3) is 4.14. The van der Waals surface area contributed by atoms with Crippen molar-refractivity contribution in [3.63, 3.8) is 0 Å². The third-order valence-electron chi connectivity index (χ3n) is 4.71. The van der Waals surface area contributed by atoms with Crippen LogP contribution in [0.2, 0.25) is 0 Å². The zero-order valence-electron chi connectivity index (χ0n) is 15.3. The first-order valence-corrected chi connectivity index (χ1v) is 9.17. The Morgan fingerprint density at radius 3 is 2.78 bits per heavy atom. The van der Waals surface area contributed by atoms with Crippen LogP contribution in [0.5, 0.6) is 11.5 Å². The van der Waals surface area contributed by atoms with Crippen LogP contribution in [0.25, 0.3) is 5.70 Å². The molecule has 0 saturated carbocycles. The fourth-order valence-electron chi connectivity index (χ4n) is 3.26. The Labute approximate surface area is 163 Å². The summed E-state index contributed by atoms with van der Waals surface area (Å²) >= 11 is 4.45. The maximum atomic E-state index is 12.7. The number of likely N-dealkylation sites (tertiary alicyclic amines) is 1. The number of rotatable bonds is 5. The predicted octanol–water partition coefficient (Wildman–Crippen LogP) is 0.250. The summed E-state index contributed by atoms with van der Waals surface area (Å²) in [6.45, 7) is 1.26. The quantitative estimate of drug-likeness (QED) is 0.622. The Balaban J connectivity index is 1.91. The number of carbonyl (C=O) groups is 2. The number of amides is 2. The van der Waals surface area contributed by atoms with E-state index in [2.05, 4.69) is 17.9 Å². The molecule has 27 heavy (non-hydrogen) atoms. The van der Waals surface area contributed by atoms with Gasteiger partial charge in [-0.1, -0.05) is 0 Å². The van der Waals surface area contributed by atoms with E-state index in [4.69, 9.17) is 15.2 Å². The van der Waals surface area contributed by atoms with E-state index in [9.17, 15) is 9.59 Å². The highest BCUT2D eigenvalue weighted by Crippen LogP contribution is 2.34. The molecule has 0 aliphatic carbocycles. The van der Waals surface area contributed by atoms with E-state index in [-0.39, 0.29) is 24.4 Å². The molecule has 0 radical (unpaired) electrons. The zero-order chi connectivity index (χ0) is 19.6. The number of nitrogens with two attached hydrogens (primary N) is 1. The largest absolute Gasteiger partial charge is 0.497 e. The maximum Gasteiger partial charge on any atom is 0.248 e. The number of methoxy groups -OCH3 is 2. The summed E-state index contributed by atoms with van der Waals surface area (Å²) in [6.07, 6.45) is 2.24. The summed E-state index contributed by atoms with van der Waals surface area (Å²) in [5.74, 6) is 0.829. The van der Waals surface area contributed by atoms with Gasteiger partial charge in [0.05, 0.1) is 26.5 Å². The molecule has 0 aromatic heterocycles. The number of hydrogen-bond donors (Lipinski definition) is 3. The molecule has 2 atom stereocenters. The van der Waals surface area contributed by atoms with Crippen LogP contribution >= 0.6 is 12.6 Å². The summed E-state index contributed by atoms with van der Waals surface area (Å²) < 4.78 is 10.7. The molecule has 0 bridgehead atoms. The van der Waals surface area contributed by atoms with Crippen LogP contribution in [-0.4, -0.2) is 67.0 Å².